The molecule has 0 N–H and O–H groups in total. The van der Waals surface area contributed by atoms with Crippen LogP contribution in [0, 0.1) is 0 Å². The summed E-state index contributed by atoms with van der Waals surface area (Å²) in [5, 5.41) is 0. The first-order chi connectivity index (χ1) is 6.36. The summed E-state index contributed by atoms with van der Waals surface area (Å²) in [6, 6.07) is 10.6. The summed E-state index contributed by atoms with van der Waals surface area (Å²) in [6.45, 7) is 2.21. The summed E-state index contributed by atoms with van der Waals surface area (Å²) in [4.78, 5) is 2.40. The van der Waals surface area contributed by atoms with Gasteiger partial charge >= 0.3 is 0 Å². The third kappa shape index (κ3) is 2.24. The maximum absolute atomic E-state index is 2.42. The summed E-state index contributed by atoms with van der Waals surface area (Å²) in [5.41, 5.74) is 1.34. The van der Waals surface area contributed by atoms with Crippen molar-refractivity contribution < 1.29 is 0 Å². The van der Waals surface area contributed by atoms with Gasteiger partial charge in [-0.15, -0.1) is 0 Å². The summed E-state index contributed by atoms with van der Waals surface area (Å²) < 4.78 is 1.49. The molecule has 1 aromatic rings. The van der Waals surface area contributed by atoms with Gasteiger partial charge in [0.1, 0.15) is 0 Å². The average Bonchev–Trinajstić information content (AvgIpc) is 2.20. The second-order valence-electron chi connectivity index (χ2n) is 3.18. The van der Waals surface area contributed by atoms with E-state index < -0.39 is 0 Å². The van der Waals surface area contributed by atoms with E-state index in [2.05, 4.69) is 63.9 Å². The van der Waals surface area contributed by atoms with Crippen molar-refractivity contribution >= 4 is 28.3 Å². The molecule has 2 rings (SSSR count). The van der Waals surface area contributed by atoms with E-state index in [-0.39, 0.29) is 0 Å². The Kier molecular flexibility index (Phi) is 2.88. The first-order valence-corrected chi connectivity index (χ1v) is 5.58. The third-order valence-corrected chi connectivity index (χ3v) is 3.25. The van der Waals surface area contributed by atoms with Gasteiger partial charge in [0, 0.05) is 18.8 Å². The van der Waals surface area contributed by atoms with Crippen LogP contribution in [0.15, 0.2) is 40.0 Å². The normalized spacial score (nSPS) is 17.0. The van der Waals surface area contributed by atoms with Crippen molar-refractivity contribution in [2.45, 2.75) is 6.42 Å². The third-order valence-electron chi connectivity index (χ3n) is 2.28. The van der Waals surface area contributed by atoms with Crippen LogP contribution < -0.4 is 4.90 Å². The van der Waals surface area contributed by atoms with Crippen LogP contribution in [0.5, 0.6) is 0 Å². The highest BCUT2D eigenvalue weighted by Gasteiger charge is 2.09. The zero-order chi connectivity index (χ0) is 9.10. The Morgan fingerprint density at radius 2 is 1.92 bits per heavy atom. The van der Waals surface area contributed by atoms with Crippen LogP contribution in [-0.4, -0.2) is 13.1 Å². The molecule has 0 saturated heterocycles. The molecular formula is C11H12IN. The minimum atomic E-state index is 1.06. The van der Waals surface area contributed by atoms with Crippen LogP contribution in [0.2, 0.25) is 0 Å². The first-order valence-electron chi connectivity index (χ1n) is 4.51. The van der Waals surface area contributed by atoms with Gasteiger partial charge in [-0.05, 0) is 44.7 Å². The summed E-state index contributed by atoms with van der Waals surface area (Å²) in [6.07, 6.45) is 3.49. The minimum Gasteiger partial charge on any atom is -0.367 e. The molecule has 0 radical (unpaired) electrons. The van der Waals surface area contributed by atoms with E-state index in [0.29, 0.717) is 0 Å². The molecule has 1 aromatic carbocycles. The van der Waals surface area contributed by atoms with E-state index in [1.807, 2.05) is 0 Å². The van der Waals surface area contributed by atoms with Crippen molar-refractivity contribution in [2.75, 3.05) is 18.0 Å². The van der Waals surface area contributed by atoms with Gasteiger partial charge in [0.15, 0.2) is 0 Å². The number of para-hydroxylation sites is 1. The van der Waals surface area contributed by atoms with Crippen molar-refractivity contribution in [2.24, 2.45) is 0 Å². The maximum atomic E-state index is 2.42. The molecule has 1 nitrogen and oxygen atoms in total. The van der Waals surface area contributed by atoms with Crippen LogP contribution in [0.25, 0.3) is 0 Å². The van der Waals surface area contributed by atoms with E-state index >= 15 is 0 Å². The minimum absolute atomic E-state index is 1.06. The SMILES string of the molecule is IC1=CCN(c2ccccc2)CC1. The molecule has 1 heterocycles. The molecule has 0 aromatic heterocycles. The van der Waals surface area contributed by atoms with Gasteiger partial charge in [-0.2, -0.15) is 0 Å². The zero-order valence-corrected chi connectivity index (χ0v) is 9.57. The van der Waals surface area contributed by atoms with Crippen molar-refractivity contribution in [1.82, 2.24) is 0 Å². The fourth-order valence-corrected chi connectivity index (χ4v) is 1.96. The lowest BCUT2D eigenvalue weighted by molar-refractivity contribution is 0.818. The van der Waals surface area contributed by atoms with E-state index in [0.717, 1.165) is 13.1 Å². The molecule has 0 bridgehead atoms. The van der Waals surface area contributed by atoms with Crippen molar-refractivity contribution in [1.29, 1.82) is 0 Å². The Morgan fingerprint density at radius 3 is 2.54 bits per heavy atom. The summed E-state index contributed by atoms with van der Waals surface area (Å²) in [5.74, 6) is 0. The molecule has 0 atom stereocenters. The molecule has 0 spiro atoms. The Morgan fingerprint density at radius 1 is 1.15 bits per heavy atom. The van der Waals surface area contributed by atoms with Crippen molar-refractivity contribution in [3.8, 4) is 0 Å². The van der Waals surface area contributed by atoms with Gasteiger partial charge in [-0.1, -0.05) is 24.3 Å². The molecule has 0 saturated carbocycles. The lowest BCUT2D eigenvalue weighted by atomic mass is 10.2. The van der Waals surface area contributed by atoms with E-state index in [4.69, 9.17) is 0 Å². The quantitative estimate of drug-likeness (QED) is 0.716. The van der Waals surface area contributed by atoms with Gasteiger partial charge in [-0.25, -0.2) is 0 Å². The number of halogens is 1. The Hall–Kier alpha value is -0.510. The maximum Gasteiger partial charge on any atom is 0.0369 e. The summed E-state index contributed by atoms with van der Waals surface area (Å²) in [7, 11) is 0. The van der Waals surface area contributed by atoms with Crippen LogP contribution in [0.1, 0.15) is 6.42 Å². The van der Waals surface area contributed by atoms with E-state index in [9.17, 15) is 0 Å². The standard InChI is InChI=1S/C11H12IN/c12-10-6-8-13(9-7-10)11-4-2-1-3-5-11/h1-6H,7-9H2. The van der Waals surface area contributed by atoms with Crippen LogP contribution >= 0.6 is 22.6 Å². The Bertz CT molecular complexity index is 305. The van der Waals surface area contributed by atoms with Crippen LogP contribution in [-0.2, 0) is 0 Å². The molecular weight excluding hydrogens is 273 g/mol. The molecule has 0 amide bonds. The second-order valence-corrected chi connectivity index (χ2v) is 4.57. The second kappa shape index (κ2) is 4.13. The molecule has 13 heavy (non-hydrogen) atoms. The van der Waals surface area contributed by atoms with E-state index in [1.54, 1.807) is 0 Å². The number of rotatable bonds is 1. The zero-order valence-electron chi connectivity index (χ0n) is 7.41. The topological polar surface area (TPSA) is 3.24 Å². The monoisotopic (exact) mass is 285 g/mol. The number of hydrogen-bond donors (Lipinski definition) is 0. The van der Waals surface area contributed by atoms with Crippen LogP contribution in [0.3, 0.4) is 0 Å². The smallest absolute Gasteiger partial charge is 0.0369 e. The highest BCUT2D eigenvalue weighted by molar-refractivity contribution is 14.1. The fourth-order valence-electron chi connectivity index (χ4n) is 1.52. The van der Waals surface area contributed by atoms with Gasteiger partial charge in [-0.3, -0.25) is 0 Å². The van der Waals surface area contributed by atoms with Crippen molar-refractivity contribution in [3.63, 3.8) is 0 Å². The first kappa shape index (κ1) is 9.06. The van der Waals surface area contributed by atoms with Gasteiger partial charge in [0.05, 0.1) is 0 Å². The lowest BCUT2D eigenvalue weighted by Crippen LogP contribution is -2.27. The highest BCUT2D eigenvalue weighted by Crippen LogP contribution is 2.21. The number of anilines is 1. The Balaban J connectivity index is 2.12. The largest absolute Gasteiger partial charge is 0.367 e. The van der Waals surface area contributed by atoms with E-state index in [1.165, 1.54) is 15.7 Å². The predicted molar refractivity (Wildman–Crippen MR) is 65.4 cm³/mol. The molecule has 2 heteroatoms. The molecule has 0 fully saturated rings. The highest BCUT2D eigenvalue weighted by atomic mass is 127. The number of hydrogen-bond acceptors (Lipinski definition) is 1. The molecule has 1 aliphatic heterocycles. The van der Waals surface area contributed by atoms with Crippen molar-refractivity contribution in [3.05, 3.63) is 40.0 Å². The summed E-state index contributed by atoms with van der Waals surface area (Å²) >= 11 is 2.42. The molecule has 68 valence electrons. The molecule has 0 aliphatic carbocycles. The molecule has 0 unspecified atom stereocenters. The van der Waals surface area contributed by atoms with Gasteiger partial charge in [0.2, 0.25) is 0 Å². The lowest BCUT2D eigenvalue weighted by Gasteiger charge is -2.26. The number of benzene rings is 1. The average molecular weight is 285 g/mol. The van der Waals surface area contributed by atoms with Gasteiger partial charge < -0.3 is 4.90 Å². The Labute approximate surface area is 92.6 Å². The predicted octanol–water partition coefficient (Wildman–Crippen LogP) is 3.22. The van der Waals surface area contributed by atoms with Crippen LogP contribution in [0.4, 0.5) is 5.69 Å². The van der Waals surface area contributed by atoms with Gasteiger partial charge in [0.25, 0.3) is 0 Å². The number of nitrogens with zero attached hydrogens (tertiary/aromatic N) is 1. The fraction of sp³-hybridized carbons (Fsp3) is 0.273. The molecule has 1 aliphatic rings.